The molecule has 3 aromatic carbocycles. The Kier molecular flexibility index (Phi) is 7.16. The zero-order valence-corrected chi connectivity index (χ0v) is 16.7. The molecule has 0 aliphatic carbocycles. The monoisotopic (exact) mass is 429 g/mol. The molecular weight excluding hydrogens is 409 g/mol. The van der Waals surface area contributed by atoms with E-state index in [-0.39, 0.29) is 30.3 Å². The summed E-state index contributed by atoms with van der Waals surface area (Å²) in [4.78, 5) is 12.7. The van der Waals surface area contributed by atoms with E-state index in [4.69, 9.17) is 9.84 Å². The number of rotatable bonds is 8. The maximum Gasteiger partial charge on any atom is 0.341 e. The summed E-state index contributed by atoms with van der Waals surface area (Å²) in [6, 6.07) is 15.4. The Morgan fingerprint density at radius 2 is 1.87 bits per heavy atom. The van der Waals surface area contributed by atoms with Gasteiger partial charge in [0.1, 0.15) is 22.9 Å². The first kappa shape index (κ1) is 21.5. The van der Waals surface area contributed by atoms with Gasteiger partial charge in [-0.25, -0.2) is 9.18 Å². The lowest BCUT2D eigenvalue weighted by atomic mass is 10.0. The third-order valence-corrected chi connectivity index (χ3v) is 4.97. The highest BCUT2D eigenvalue weighted by atomic mass is 32.2. The number of phenols is 2. The lowest BCUT2D eigenvalue weighted by Gasteiger charge is -2.10. The molecule has 0 aliphatic heterocycles. The molecule has 6 nitrogen and oxygen atoms in total. The summed E-state index contributed by atoms with van der Waals surface area (Å²) >= 11 is 1.25. The van der Waals surface area contributed by atoms with Gasteiger partial charge in [0, 0.05) is 35.2 Å². The fourth-order valence-corrected chi connectivity index (χ4v) is 3.35. The van der Waals surface area contributed by atoms with Crippen molar-refractivity contribution in [2.75, 3.05) is 17.9 Å². The minimum atomic E-state index is -0.664. The molecule has 0 aromatic heterocycles. The second kappa shape index (κ2) is 10.00. The normalized spacial score (nSPS) is 10.6. The smallest absolute Gasteiger partial charge is 0.341 e. The summed E-state index contributed by atoms with van der Waals surface area (Å²) in [5, 5.41) is 28.8. The Morgan fingerprint density at radius 1 is 1.03 bits per heavy atom. The van der Waals surface area contributed by atoms with E-state index in [2.05, 4.69) is 4.72 Å². The van der Waals surface area contributed by atoms with E-state index in [0.717, 1.165) is 4.90 Å². The number of anilines is 1. The van der Waals surface area contributed by atoms with Crippen molar-refractivity contribution in [3.63, 3.8) is 0 Å². The molecule has 0 heterocycles. The predicted octanol–water partition coefficient (Wildman–Crippen LogP) is 4.56. The fourth-order valence-electron chi connectivity index (χ4n) is 2.66. The van der Waals surface area contributed by atoms with Crippen LogP contribution in [0.3, 0.4) is 0 Å². The molecule has 0 amide bonds. The number of carbonyl (C=O) groups is 1. The number of aliphatic hydroxyl groups is 1. The highest BCUT2D eigenvalue weighted by Crippen LogP contribution is 2.33. The highest BCUT2D eigenvalue weighted by molar-refractivity contribution is 8.00. The van der Waals surface area contributed by atoms with Crippen LogP contribution in [-0.4, -0.2) is 34.5 Å². The molecule has 0 atom stereocenters. The third-order valence-electron chi connectivity index (χ3n) is 4.14. The Hall–Kier alpha value is -3.23. The number of halogens is 1. The topological polar surface area (TPSA) is 99.0 Å². The van der Waals surface area contributed by atoms with Gasteiger partial charge in [-0.3, -0.25) is 0 Å². The molecule has 0 bridgehead atoms. The molecule has 8 heteroatoms. The molecule has 3 rings (SSSR count). The quantitative estimate of drug-likeness (QED) is 0.237. The van der Waals surface area contributed by atoms with Crippen LogP contribution in [0.4, 0.5) is 10.1 Å². The molecule has 0 saturated carbocycles. The zero-order valence-electron chi connectivity index (χ0n) is 15.8. The second-order valence-corrected chi connectivity index (χ2v) is 7.22. The van der Waals surface area contributed by atoms with E-state index >= 15 is 0 Å². The van der Waals surface area contributed by atoms with Crippen LogP contribution in [0.2, 0.25) is 0 Å². The lowest BCUT2D eigenvalue weighted by molar-refractivity contribution is 0.0479. The summed E-state index contributed by atoms with van der Waals surface area (Å²) < 4.78 is 21.5. The predicted molar refractivity (Wildman–Crippen MR) is 113 cm³/mol. The number of benzene rings is 3. The fraction of sp³-hybridized carbons (Fsp3) is 0.136. The van der Waals surface area contributed by atoms with Crippen molar-refractivity contribution in [2.45, 2.75) is 11.3 Å². The lowest BCUT2D eigenvalue weighted by Crippen LogP contribution is -2.07. The largest absolute Gasteiger partial charge is 0.507 e. The number of esters is 1. The Balaban J connectivity index is 1.68. The van der Waals surface area contributed by atoms with Gasteiger partial charge in [-0.1, -0.05) is 12.1 Å². The van der Waals surface area contributed by atoms with Gasteiger partial charge in [-0.2, -0.15) is 0 Å². The maximum absolute atomic E-state index is 13.5. The van der Waals surface area contributed by atoms with Gasteiger partial charge in [0.25, 0.3) is 0 Å². The molecule has 30 heavy (non-hydrogen) atoms. The van der Waals surface area contributed by atoms with Crippen LogP contribution in [0.25, 0.3) is 11.1 Å². The summed E-state index contributed by atoms with van der Waals surface area (Å²) in [5.74, 6) is -1.35. The third kappa shape index (κ3) is 5.43. The van der Waals surface area contributed by atoms with Crippen molar-refractivity contribution in [3.05, 3.63) is 72.0 Å². The molecule has 0 radical (unpaired) electrons. The standard InChI is InChI=1S/C22H20FNO5S/c23-15-5-8-20(26)19(12-15)14-3-1-4-17(11-14)30-24-16-6-7-18(21(27)13-16)22(28)29-10-2-9-25/h1,3-8,11-13,24-27H,2,9-10H2. The van der Waals surface area contributed by atoms with E-state index in [1.54, 1.807) is 24.3 Å². The number of phenolic OH excluding ortho intramolecular Hbond substituents is 2. The number of hydrogen-bond acceptors (Lipinski definition) is 7. The Bertz CT molecular complexity index is 1040. The maximum atomic E-state index is 13.5. The average Bonchev–Trinajstić information content (AvgIpc) is 2.74. The minimum absolute atomic E-state index is 0.0158. The second-order valence-electron chi connectivity index (χ2n) is 6.34. The van der Waals surface area contributed by atoms with Crippen LogP contribution in [0, 0.1) is 5.82 Å². The van der Waals surface area contributed by atoms with Gasteiger partial charge in [0.2, 0.25) is 0 Å². The first-order chi connectivity index (χ1) is 14.5. The molecule has 0 saturated heterocycles. The van der Waals surface area contributed by atoms with Gasteiger partial charge in [-0.05, 0) is 60.0 Å². The summed E-state index contributed by atoms with van der Waals surface area (Å²) in [5.41, 5.74) is 1.64. The number of hydrogen-bond donors (Lipinski definition) is 4. The zero-order chi connectivity index (χ0) is 21.5. The molecule has 4 N–H and O–H groups in total. The molecule has 156 valence electrons. The molecule has 0 spiro atoms. The first-order valence-corrected chi connectivity index (χ1v) is 9.92. The minimum Gasteiger partial charge on any atom is -0.507 e. The van der Waals surface area contributed by atoms with E-state index in [1.165, 1.54) is 42.3 Å². The van der Waals surface area contributed by atoms with Gasteiger partial charge >= 0.3 is 5.97 Å². The van der Waals surface area contributed by atoms with Crippen LogP contribution in [0.15, 0.2) is 65.6 Å². The van der Waals surface area contributed by atoms with Gasteiger partial charge < -0.3 is 24.8 Å². The molecule has 0 unspecified atom stereocenters. The Labute approximate surface area is 177 Å². The van der Waals surface area contributed by atoms with Crippen LogP contribution in [0.5, 0.6) is 11.5 Å². The van der Waals surface area contributed by atoms with Crippen molar-refractivity contribution in [3.8, 4) is 22.6 Å². The summed E-state index contributed by atoms with van der Waals surface area (Å²) in [7, 11) is 0. The number of ether oxygens (including phenoxy) is 1. The average molecular weight is 429 g/mol. The molecular formula is C22H20FNO5S. The number of carbonyl (C=O) groups excluding carboxylic acids is 1. The van der Waals surface area contributed by atoms with Crippen LogP contribution >= 0.6 is 11.9 Å². The van der Waals surface area contributed by atoms with E-state index in [0.29, 0.717) is 23.2 Å². The number of aliphatic hydroxyl groups excluding tert-OH is 1. The van der Waals surface area contributed by atoms with Crippen molar-refractivity contribution in [1.29, 1.82) is 0 Å². The van der Waals surface area contributed by atoms with Gasteiger partial charge in [0.05, 0.1) is 6.61 Å². The van der Waals surface area contributed by atoms with Gasteiger partial charge in [-0.15, -0.1) is 0 Å². The van der Waals surface area contributed by atoms with E-state index in [9.17, 15) is 19.4 Å². The van der Waals surface area contributed by atoms with Crippen molar-refractivity contribution >= 4 is 23.6 Å². The van der Waals surface area contributed by atoms with Crippen molar-refractivity contribution in [1.82, 2.24) is 0 Å². The van der Waals surface area contributed by atoms with Crippen LogP contribution in [-0.2, 0) is 4.74 Å². The van der Waals surface area contributed by atoms with Crippen molar-refractivity contribution < 1.29 is 29.2 Å². The van der Waals surface area contributed by atoms with E-state index < -0.39 is 11.8 Å². The number of aromatic hydroxyl groups is 2. The van der Waals surface area contributed by atoms with Crippen LogP contribution < -0.4 is 4.72 Å². The number of nitrogens with one attached hydrogen (secondary N) is 1. The van der Waals surface area contributed by atoms with Gasteiger partial charge in [0.15, 0.2) is 0 Å². The van der Waals surface area contributed by atoms with E-state index in [1.807, 2.05) is 6.07 Å². The Morgan fingerprint density at radius 3 is 2.63 bits per heavy atom. The summed E-state index contributed by atoms with van der Waals surface area (Å²) in [6.07, 6.45) is 0.329. The SMILES string of the molecule is O=C(OCCCO)c1ccc(NSc2cccc(-c3cc(F)ccc3O)c2)cc1O. The molecule has 0 fully saturated rings. The van der Waals surface area contributed by atoms with Crippen molar-refractivity contribution in [2.24, 2.45) is 0 Å². The van der Waals surface area contributed by atoms with Crippen LogP contribution in [0.1, 0.15) is 16.8 Å². The molecule has 3 aromatic rings. The molecule has 0 aliphatic rings. The first-order valence-electron chi connectivity index (χ1n) is 9.11. The highest BCUT2D eigenvalue weighted by Gasteiger charge is 2.13. The summed E-state index contributed by atoms with van der Waals surface area (Å²) in [6.45, 7) is -0.0127.